The molecule has 1 aromatic rings. The number of likely N-dealkylation sites (tertiary alicyclic amines) is 1. The summed E-state index contributed by atoms with van der Waals surface area (Å²) in [6.07, 6.45) is 2.07. The van der Waals surface area contributed by atoms with E-state index in [1.807, 2.05) is 19.1 Å². The van der Waals surface area contributed by atoms with Gasteiger partial charge in [0.15, 0.2) is 0 Å². The van der Waals surface area contributed by atoms with Crippen molar-refractivity contribution in [2.24, 2.45) is 11.7 Å². The molecule has 2 rings (SSSR count). The van der Waals surface area contributed by atoms with Crippen molar-refractivity contribution in [3.8, 4) is 0 Å². The summed E-state index contributed by atoms with van der Waals surface area (Å²) in [7, 11) is 0. The van der Waals surface area contributed by atoms with Gasteiger partial charge in [-0.25, -0.2) is 4.79 Å². The monoisotopic (exact) mass is 329 g/mol. The second-order valence-electron chi connectivity index (χ2n) is 5.41. The van der Waals surface area contributed by atoms with Crippen LogP contribution in [0.3, 0.4) is 0 Å². The Morgan fingerprint density at radius 1 is 1.48 bits per heavy atom. The van der Waals surface area contributed by atoms with Crippen LogP contribution in [0.5, 0.6) is 0 Å². The number of primary amides is 1. The number of carbonyl (C=O) groups excluding carboxylic acids is 2. The molecule has 3 amide bonds. The molecule has 0 spiro atoms. The van der Waals surface area contributed by atoms with Crippen LogP contribution in [0.1, 0.15) is 37.1 Å². The van der Waals surface area contributed by atoms with Crippen LogP contribution < -0.4 is 11.1 Å². The summed E-state index contributed by atoms with van der Waals surface area (Å²) in [6, 6.07) is 3.64. The minimum atomic E-state index is -0.263. The molecule has 3 N–H and O–H groups in total. The van der Waals surface area contributed by atoms with Crippen molar-refractivity contribution in [1.82, 2.24) is 10.2 Å². The first-order valence-corrected chi connectivity index (χ1v) is 8.24. The average Bonchev–Trinajstić information content (AvgIpc) is 2.85. The summed E-state index contributed by atoms with van der Waals surface area (Å²) >= 11 is 7.38. The summed E-state index contributed by atoms with van der Waals surface area (Å²) in [4.78, 5) is 26.0. The van der Waals surface area contributed by atoms with Gasteiger partial charge in [-0.05, 0) is 37.8 Å². The van der Waals surface area contributed by atoms with Crippen LogP contribution in [0.25, 0.3) is 0 Å². The number of thiophene rings is 1. The van der Waals surface area contributed by atoms with Crippen LogP contribution in [0.4, 0.5) is 4.79 Å². The Balaban J connectivity index is 1.80. The van der Waals surface area contributed by atoms with E-state index in [0.29, 0.717) is 25.4 Å². The van der Waals surface area contributed by atoms with E-state index in [2.05, 4.69) is 5.32 Å². The Hall–Kier alpha value is -1.27. The lowest BCUT2D eigenvalue weighted by atomic mass is 9.93. The van der Waals surface area contributed by atoms with Crippen molar-refractivity contribution in [3.05, 3.63) is 21.3 Å². The summed E-state index contributed by atoms with van der Waals surface area (Å²) in [5.41, 5.74) is 5.21. The van der Waals surface area contributed by atoms with Gasteiger partial charge in [0.1, 0.15) is 0 Å². The van der Waals surface area contributed by atoms with Crippen molar-refractivity contribution in [2.45, 2.75) is 32.2 Å². The number of rotatable bonds is 4. The zero-order valence-corrected chi connectivity index (χ0v) is 13.5. The van der Waals surface area contributed by atoms with E-state index < -0.39 is 0 Å². The van der Waals surface area contributed by atoms with Crippen LogP contribution >= 0.6 is 22.9 Å². The van der Waals surface area contributed by atoms with Crippen molar-refractivity contribution in [1.29, 1.82) is 0 Å². The highest BCUT2D eigenvalue weighted by atomic mass is 35.5. The van der Waals surface area contributed by atoms with Crippen LogP contribution in [0, 0.1) is 5.92 Å². The standard InChI is InChI=1S/C14H20ClN3O2S/c1-9(11-2-3-12(15)21-11)17-14(20)18-6-4-10(5-7-18)8-13(16)19/h2-3,9-10H,4-8H2,1H3,(H2,16,19)(H,17,20)/t9-/m1/s1. The van der Waals surface area contributed by atoms with E-state index in [1.165, 1.54) is 11.3 Å². The van der Waals surface area contributed by atoms with Crippen molar-refractivity contribution in [2.75, 3.05) is 13.1 Å². The van der Waals surface area contributed by atoms with E-state index in [9.17, 15) is 9.59 Å². The smallest absolute Gasteiger partial charge is 0.317 e. The summed E-state index contributed by atoms with van der Waals surface area (Å²) in [6.45, 7) is 3.28. The molecule has 0 aromatic carbocycles. The van der Waals surface area contributed by atoms with Gasteiger partial charge in [0.25, 0.3) is 0 Å². The Bertz CT molecular complexity index is 512. The number of nitrogens with zero attached hydrogens (tertiary/aromatic N) is 1. The predicted molar refractivity (Wildman–Crippen MR) is 84.4 cm³/mol. The number of hydrogen-bond donors (Lipinski definition) is 2. The number of halogens is 1. The molecule has 1 aliphatic heterocycles. The largest absolute Gasteiger partial charge is 0.370 e. The molecule has 5 nitrogen and oxygen atoms in total. The summed E-state index contributed by atoms with van der Waals surface area (Å²) in [5.74, 6) is 0.0428. The Labute approximate surface area is 133 Å². The molecule has 2 heterocycles. The van der Waals surface area contributed by atoms with E-state index in [0.717, 1.165) is 22.1 Å². The highest BCUT2D eigenvalue weighted by Gasteiger charge is 2.24. The number of urea groups is 1. The predicted octanol–water partition coefficient (Wildman–Crippen LogP) is 2.76. The molecule has 0 radical (unpaired) electrons. The van der Waals surface area contributed by atoms with Gasteiger partial charge in [-0.3, -0.25) is 4.79 Å². The third kappa shape index (κ3) is 4.61. The van der Waals surface area contributed by atoms with E-state index in [-0.39, 0.29) is 18.0 Å². The molecule has 1 atom stereocenters. The van der Waals surface area contributed by atoms with Crippen molar-refractivity contribution < 1.29 is 9.59 Å². The molecule has 1 fully saturated rings. The lowest BCUT2D eigenvalue weighted by Crippen LogP contribution is -2.45. The molecular weight excluding hydrogens is 310 g/mol. The molecule has 116 valence electrons. The van der Waals surface area contributed by atoms with E-state index in [1.54, 1.807) is 4.90 Å². The van der Waals surface area contributed by atoms with E-state index in [4.69, 9.17) is 17.3 Å². The van der Waals surface area contributed by atoms with Crippen LogP contribution in [-0.4, -0.2) is 29.9 Å². The van der Waals surface area contributed by atoms with Crippen molar-refractivity contribution >= 4 is 34.9 Å². The van der Waals surface area contributed by atoms with Gasteiger partial charge in [-0.1, -0.05) is 11.6 Å². The maximum absolute atomic E-state index is 12.2. The summed E-state index contributed by atoms with van der Waals surface area (Å²) in [5, 5.41) is 2.98. The van der Waals surface area contributed by atoms with Crippen LogP contribution in [0.15, 0.2) is 12.1 Å². The number of nitrogens with one attached hydrogen (secondary N) is 1. The number of nitrogens with two attached hydrogens (primary N) is 1. The SMILES string of the molecule is C[C@@H](NC(=O)N1CCC(CC(N)=O)CC1)c1ccc(Cl)s1. The first-order valence-electron chi connectivity index (χ1n) is 7.04. The lowest BCUT2D eigenvalue weighted by Gasteiger charge is -2.32. The molecule has 7 heteroatoms. The molecule has 1 aromatic heterocycles. The van der Waals surface area contributed by atoms with Gasteiger partial charge in [0.05, 0.1) is 10.4 Å². The second-order valence-corrected chi connectivity index (χ2v) is 7.16. The topological polar surface area (TPSA) is 75.4 Å². The minimum absolute atomic E-state index is 0.0571. The number of amides is 3. The number of piperidine rings is 1. The fraction of sp³-hybridized carbons (Fsp3) is 0.571. The maximum Gasteiger partial charge on any atom is 0.317 e. The highest BCUT2D eigenvalue weighted by Crippen LogP contribution is 2.27. The fourth-order valence-corrected chi connectivity index (χ4v) is 3.60. The molecular formula is C14H20ClN3O2S. The first-order chi connectivity index (χ1) is 9.95. The van der Waals surface area contributed by atoms with Gasteiger partial charge < -0.3 is 16.0 Å². The highest BCUT2D eigenvalue weighted by molar-refractivity contribution is 7.16. The summed E-state index contributed by atoms with van der Waals surface area (Å²) < 4.78 is 0.721. The molecule has 0 unspecified atom stereocenters. The van der Waals surface area contributed by atoms with Gasteiger partial charge in [0.2, 0.25) is 5.91 Å². The second kappa shape index (κ2) is 7.13. The van der Waals surface area contributed by atoms with Gasteiger partial charge >= 0.3 is 6.03 Å². The Morgan fingerprint density at radius 3 is 2.67 bits per heavy atom. The molecule has 1 saturated heterocycles. The molecule has 21 heavy (non-hydrogen) atoms. The van der Waals surface area contributed by atoms with Crippen LogP contribution in [0.2, 0.25) is 4.34 Å². The third-order valence-corrected chi connectivity index (χ3v) is 5.17. The zero-order chi connectivity index (χ0) is 15.4. The molecule has 0 saturated carbocycles. The normalized spacial score (nSPS) is 17.5. The Kier molecular flexibility index (Phi) is 5.47. The minimum Gasteiger partial charge on any atom is -0.370 e. The number of carbonyl (C=O) groups is 2. The maximum atomic E-state index is 12.2. The van der Waals surface area contributed by atoms with Crippen LogP contribution in [-0.2, 0) is 4.79 Å². The zero-order valence-electron chi connectivity index (χ0n) is 12.0. The van der Waals surface area contributed by atoms with Gasteiger partial charge in [-0.15, -0.1) is 11.3 Å². The molecule has 1 aliphatic rings. The molecule has 0 aliphatic carbocycles. The average molecular weight is 330 g/mol. The Morgan fingerprint density at radius 2 is 2.14 bits per heavy atom. The fourth-order valence-electron chi connectivity index (χ4n) is 2.53. The van der Waals surface area contributed by atoms with Gasteiger partial charge in [0, 0.05) is 24.4 Å². The third-order valence-electron chi connectivity index (χ3n) is 3.75. The van der Waals surface area contributed by atoms with Crippen molar-refractivity contribution in [3.63, 3.8) is 0 Å². The molecule has 0 bridgehead atoms. The number of hydrogen-bond acceptors (Lipinski definition) is 3. The lowest BCUT2D eigenvalue weighted by molar-refractivity contribution is -0.119. The quantitative estimate of drug-likeness (QED) is 0.891. The van der Waals surface area contributed by atoms with E-state index >= 15 is 0 Å². The first kappa shape index (κ1) is 16.1. The van der Waals surface area contributed by atoms with Gasteiger partial charge in [-0.2, -0.15) is 0 Å².